The second-order valence-corrected chi connectivity index (χ2v) is 7.00. The highest BCUT2D eigenvalue weighted by Crippen LogP contribution is 2.29. The molecule has 0 saturated carbocycles. The van der Waals surface area contributed by atoms with E-state index in [0.717, 1.165) is 50.6 Å². The van der Waals surface area contributed by atoms with Crippen LogP contribution < -0.4 is 5.32 Å². The third-order valence-corrected chi connectivity index (χ3v) is 4.76. The summed E-state index contributed by atoms with van der Waals surface area (Å²) >= 11 is 3.49. The van der Waals surface area contributed by atoms with Crippen molar-refractivity contribution in [2.75, 3.05) is 5.32 Å². The van der Waals surface area contributed by atoms with Gasteiger partial charge in [-0.15, -0.1) is 0 Å². The van der Waals surface area contributed by atoms with Crippen LogP contribution in [0.5, 0.6) is 0 Å². The Kier molecular flexibility index (Phi) is 4.20. The van der Waals surface area contributed by atoms with Crippen molar-refractivity contribution in [3.05, 3.63) is 58.2 Å². The zero-order valence-corrected chi connectivity index (χ0v) is 16.3. The zero-order chi connectivity index (χ0) is 18.3. The minimum absolute atomic E-state index is 0.719. The Labute approximate surface area is 159 Å². The third kappa shape index (κ3) is 3.08. The topological polar surface area (TPSA) is 73.5 Å². The van der Waals surface area contributed by atoms with Crippen LogP contribution >= 0.6 is 15.9 Å². The fraction of sp³-hybridized carbons (Fsp3) is 0.222. The number of nitrogens with one attached hydrogen (secondary N) is 1. The van der Waals surface area contributed by atoms with Gasteiger partial charge in [0.1, 0.15) is 16.7 Å². The van der Waals surface area contributed by atoms with Gasteiger partial charge in [-0.3, -0.25) is 4.68 Å². The van der Waals surface area contributed by atoms with E-state index < -0.39 is 0 Å². The number of hydrogen-bond donors (Lipinski definition) is 1. The number of benzene rings is 1. The predicted molar refractivity (Wildman–Crippen MR) is 105 cm³/mol. The molecule has 26 heavy (non-hydrogen) atoms. The van der Waals surface area contributed by atoms with Crippen LogP contribution in [-0.2, 0) is 13.6 Å². The van der Waals surface area contributed by atoms with E-state index >= 15 is 0 Å². The van der Waals surface area contributed by atoms with Crippen LogP contribution in [0.4, 0.5) is 11.5 Å². The van der Waals surface area contributed by atoms with E-state index in [-0.39, 0.29) is 0 Å². The van der Waals surface area contributed by atoms with E-state index in [2.05, 4.69) is 66.5 Å². The summed E-state index contributed by atoms with van der Waals surface area (Å²) in [4.78, 5) is 8.68. The normalized spacial score (nSPS) is 11.2. The first-order chi connectivity index (χ1) is 12.5. The highest BCUT2D eigenvalue weighted by molar-refractivity contribution is 9.10. The van der Waals surface area contributed by atoms with Crippen molar-refractivity contribution in [3.8, 4) is 0 Å². The van der Waals surface area contributed by atoms with E-state index in [4.69, 9.17) is 0 Å². The number of nitrogens with zero attached hydrogens (tertiary/aromatic N) is 6. The lowest BCUT2D eigenvalue weighted by atomic mass is 10.2. The smallest absolute Gasteiger partial charge is 0.164 e. The van der Waals surface area contributed by atoms with E-state index in [1.807, 2.05) is 30.8 Å². The van der Waals surface area contributed by atoms with Crippen LogP contribution in [0.2, 0.25) is 0 Å². The molecule has 4 rings (SSSR count). The molecule has 0 unspecified atom stereocenters. The van der Waals surface area contributed by atoms with Gasteiger partial charge in [0.05, 0.1) is 17.6 Å². The van der Waals surface area contributed by atoms with Crippen LogP contribution in [0, 0.1) is 13.8 Å². The molecule has 0 bridgehead atoms. The van der Waals surface area contributed by atoms with Crippen LogP contribution in [0.25, 0.3) is 11.0 Å². The molecule has 0 aliphatic rings. The summed E-state index contributed by atoms with van der Waals surface area (Å²) in [5.41, 5.74) is 5.07. The molecule has 0 atom stereocenters. The van der Waals surface area contributed by atoms with Crippen molar-refractivity contribution in [2.24, 2.45) is 7.05 Å². The Balaban J connectivity index is 1.65. The van der Waals surface area contributed by atoms with Crippen molar-refractivity contribution < 1.29 is 0 Å². The quantitative estimate of drug-likeness (QED) is 0.553. The second kappa shape index (κ2) is 6.53. The molecule has 0 radical (unpaired) electrons. The van der Waals surface area contributed by atoms with E-state index in [1.54, 1.807) is 11.0 Å². The first kappa shape index (κ1) is 16.7. The second-order valence-electron chi connectivity index (χ2n) is 6.25. The molecule has 1 aromatic carbocycles. The van der Waals surface area contributed by atoms with Crippen LogP contribution in [0.1, 0.15) is 17.0 Å². The standard InChI is InChI=1S/C18H18BrN7/c1-11-7-12(2)26(23-11)9-13-5-4-6-14(8-13)22-17-15-16(19)24-25(3)18(15)21-10-20-17/h4-8,10H,9H2,1-3H3,(H,20,21,22). The van der Waals surface area contributed by atoms with Crippen molar-refractivity contribution in [1.29, 1.82) is 0 Å². The van der Waals surface area contributed by atoms with Crippen molar-refractivity contribution >= 4 is 38.5 Å². The maximum Gasteiger partial charge on any atom is 0.164 e. The molecular weight excluding hydrogens is 394 g/mol. The first-order valence-corrected chi connectivity index (χ1v) is 9.01. The molecule has 0 saturated heterocycles. The molecule has 0 fully saturated rings. The van der Waals surface area contributed by atoms with Gasteiger partial charge in [-0.2, -0.15) is 10.2 Å². The van der Waals surface area contributed by atoms with Gasteiger partial charge in [0.15, 0.2) is 5.65 Å². The number of aromatic nitrogens is 6. The van der Waals surface area contributed by atoms with Crippen LogP contribution in [0.15, 0.2) is 41.3 Å². The van der Waals surface area contributed by atoms with E-state index in [0.29, 0.717) is 0 Å². The Morgan fingerprint density at radius 2 is 1.96 bits per heavy atom. The number of hydrogen-bond acceptors (Lipinski definition) is 5. The highest BCUT2D eigenvalue weighted by Gasteiger charge is 2.13. The summed E-state index contributed by atoms with van der Waals surface area (Å²) in [6.45, 7) is 4.80. The molecule has 0 amide bonds. The maximum atomic E-state index is 4.53. The number of halogens is 1. The van der Waals surface area contributed by atoms with Crippen molar-refractivity contribution in [3.63, 3.8) is 0 Å². The van der Waals surface area contributed by atoms with Gasteiger partial charge in [-0.1, -0.05) is 12.1 Å². The average molecular weight is 412 g/mol. The largest absolute Gasteiger partial charge is 0.339 e. The monoisotopic (exact) mass is 411 g/mol. The van der Waals surface area contributed by atoms with Gasteiger partial charge < -0.3 is 5.32 Å². The highest BCUT2D eigenvalue weighted by atomic mass is 79.9. The summed E-state index contributed by atoms with van der Waals surface area (Å²) in [5, 5.41) is 13.1. The molecule has 1 N–H and O–H groups in total. The summed E-state index contributed by atoms with van der Waals surface area (Å²) < 4.78 is 4.46. The fourth-order valence-electron chi connectivity index (χ4n) is 3.03. The van der Waals surface area contributed by atoms with Crippen LogP contribution in [-0.4, -0.2) is 29.5 Å². The fourth-order valence-corrected chi connectivity index (χ4v) is 3.63. The lowest BCUT2D eigenvalue weighted by molar-refractivity contribution is 0.659. The zero-order valence-electron chi connectivity index (χ0n) is 14.7. The van der Waals surface area contributed by atoms with Crippen molar-refractivity contribution in [2.45, 2.75) is 20.4 Å². The Bertz CT molecular complexity index is 1100. The molecule has 0 spiro atoms. The first-order valence-electron chi connectivity index (χ1n) is 8.21. The van der Waals surface area contributed by atoms with Gasteiger partial charge in [-0.25, -0.2) is 14.6 Å². The van der Waals surface area contributed by atoms with Gasteiger partial charge in [0.25, 0.3) is 0 Å². The minimum atomic E-state index is 0.719. The summed E-state index contributed by atoms with van der Waals surface area (Å²) in [7, 11) is 1.86. The number of fused-ring (bicyclic) bond motifs is 1. The summed E-state index contributed by atoms with van der Waals surface area (Å²) in [6, 6.07) is 10.3. The number of aryl methyl sites for hydroxylation is 3. The lowest BCUT2D eigenvalue weighted by Crippen LogP contribution is -2.04. The van der Waals surface area contributed by atoms with E-state index in [1.165, 1.54) is 0 Å². The van der Waals surface area contributed by atoms with Crippen LogP contribution in [0.3, 0.4) is 0 Å². The SMILES string of the molecule is Cc1cc(C)n(Cc2cccc(Nc3ncnc4c3c(Br)nn4C)c2)n1. The molecule has 4 aromatic rings. The Morgan fingerprint density at radius 3 is 2.73 bits per heavy atom. The molecular formula is C18H18BrN7. The molecule has 7 nitrogen and oxygen atoms in total. The Morgan fingerprint density at radius 1 is 1.12 bits per heavy atom. The number of rotatable bonds is 4. The van der Waals surface area contributed by atoms with Gasteiger partial charge >= 0.3 is 0 Å². The number of anilines is 2. The molecule has 132 valence electrons. The van der Waals surface area contributed by atoms with Gasteiger partial charge in [0, 0.05) is 18.4 Å². The molecule has 0 aliphatic heterocycles. The third-order valence-electron chi connectivity index (χ3n) is 4.20. The predicted octanol–water partition coefficient (Wildman–Crippen LogP) is 3.73. The van der Waals surface area contributed by atoms with Gasteiger partial charge in [-0.05, 0) is 53.5 Å². The lowest BCUT2D eigenvalue weighted by Gasteiger charge is -2.10. The van der Waals surface area contributed by atoms with Gasteiger partial charge in [0.2, 0.25) is 0 Å². The molecule has 3 heterocycles. The minimum Gasteiger partial charge on any atom is -0.339 e. The average Bonchev–Trinajstić information content (AvgIpc) is 3.07. The van der Waals surface area contributed by atoms with E-state index in [9.17, 15) is 0 Å². The van der Waals surface area contributed by atoms with Crippen molar-refractivity contribution in [1.82, 2.24) is 29.5 Å². The summed E-state index contributed by atoms with van der Waals surface area (Å²) in [5.74, 6) is 0.721. The maximum absolute atomic E-state index is 4.53. The summed E-state index contributed by atoms with van der Waals surface area (Å²) in [6.07, 6.45) is 1.54. The molecule has 0 aliphatic carbocycles. The Hall–Kier alpha value is -2.74. The molecule has 8 heteroatoms. The molecule has 3 aromatic heterocycles.